The number of halogens is 1. The van der Waals surface area contributed by atoms with Crippen LogP contribution in [-0.2, 0) is 5.60 Å². The molecule has 2 rings (SSSR count). The fourth-order valence-electron chi connectivity index (χ4n) is 3.35. The molecule has 1 aliphatic rings. The Morgan fingerprint density at radius 1 is 1.43 bits per heavy atom. The highest BCUT2D eigenvalue weighted by Crippen LogP contribution is 2.52. The fourth-order valence-corrected chi connectivity index (χ4v) is 3.35. The fraction of sp³-hybridized carbons (Fsp3) is 0.588. The summed E-state index contributed by atoms with van der Waals surface area (Å²) in [6.07, 6.45) is 2.85. The quantitative estimate of drug-likeness (QED) is 0.922. The molecule has 114 valence electrons. The van der Waals surface area contributed by atoms with Crippen LogP contribution in [0.5, 0.6) is 5.75 Å². The number of methoxy groups -OCH3 is 1. The van der Waals surface area contributed by atoms with Gasteiger partial charge >= 0.3 is 0 Å². The van der Waals surface area contributed by atoms with Gasteiger partial charge in [0.2, 0.25) is 0 Å². The molecular weight excluding hydrogens is 269 g/mol. The summed E-state index contributed by atoms with van der Waals surface area (Å²) < 4.78 is 19.5. The highest BCUT2D eigenvalue weighted by Gasteiger charge is 2.52. The first-order chi connectivity index (χ1) is 9.88. The second-order valence-electron chi connectivity index (χ2n) is 6.27. The van der Waals surface area contributed by atoms with E-state index in [2.05, 4.69) is 13.0 Å². The van der Waals surface area contributed by atoms with Crippen molar-refractivity contribution < 1.29 is 14.2 Å². The number of nitriles is 1. The van der Waals surface area contributed by atoms with Crippen LogP contribution in [0.3, 0.4) is 0 Å². The lowest BCUT2D eigenvalue weighted by Crippen LogP contribution is -2.45. The molecule has 1 fully saturated rings. The van der Waals surface area contributed by atoms with E-state index in [0.717, 1.165) is 12.8 Å². The topological polar surface area (TPSA) is 53.2 Å². The van der Waals surface area contributed by atoms with Gasteiger partial charge in [-0.2, -0.15) is 5.26 Å². The zero-order valence-electron chi connectivity index (χ0n) is 12.8. The molecule has 1 N–H and O–H groups in total. The number of nitrogens with zero attached hydrogens (tertiary/aromatic N) is 1. The van der Waals surface area contributed by atoms with Gasteiger partial charge in [0.15, 0.2) is 0 Å². The maximum atomic E-state index is 14.3. The first-order valence-corrected chi connectivity index (χ1v) is 7.34. The van der Waals surface area contributed by atoms with Crippen LogP contribution >= 0.6 is 0 Å². The van der Waals surface area contributed by atoms with Gasteiger partial charge in [0, 0.05) is 0 Å². The molecule has 0 aliphatic heterocycles. The van der Waals surface area contributed by atoms with Gasteiger partial charge in [-0.15, -0.1) is 0 Å². The van der Waals surface area contributed by atoms with Gasteiger partial charge in [-0.05, 0) is 50.7 Å². The maximum Gasteiger partial charge on any atom is 0.133 e. The minimum atomic E-state index is -1.58. The summed E-state index contributed by atoms with van der Waals surface area (Å²) in [5.41, 5.74) is -2.48. The predicted octanol–water partition coefficient (Wildman–Crippen LogP) is 3.76. The van der Waals surface area contributed by atoms with E-state index >= 15 is 0 Å². The third-order valence-corrected chi connectivity index (χ3v) is 4.96. The van der Waals surface area contributed by atoms with Crippen molar-refractivity contribution in [1.29, 1.82) is 5.26 Å². The Hall–Kier alpha value is -1.60. The van der Waals surface area contributed by atoms with E-state index in [0.29, 0.717) is 18.8 Å². The van der Waals surface area contributed by atoms with Gasteiger partial charge in [0.1, 0.15) is 17.2 Å². The molecule has 1 aromatic carbocycles. The van der Waals surface area contributed by atoms with Crippen molar-refractivity contribution in [2.45, 2.75) is 45.1 Å². The standard InChI is InChI=1S/C17H22FNO2/c1-12-7-9-17(11-19,10-8-12)16(2,20)15-13(18)5-4-6-14(15)21-3/h4-6,12,20H,7-10H2,1-3H3. The highest BCUT2D eigenvalue weighted by molar-refractivity contribution is 5.41. The molecule has 0 spiro atoms. The molecule has 1 atom stereocenters. The lowest BCUT2D eigenvalue weighted by molar-refractivity contribution is -0.0722. The van der Waals surface area contributed by atoms with E-state index in [1.54, 1.807) is 6.07 Å². The number of hydrogen-bond acceptors (Lipinski definition) is 3. The Labute approximate surface area is 125 Å². The van der Waals surface area contributed by atoms with E-state index < -0.39 is 16.8 Å². The zero-order valence-corrected chi connectivity index (χ0v) is 12.8. The molecule has 0 amide bonds. The highest BCUT2D eigenvalue weighted by atomic mass is 19.1. The number of ether oxygens (including phenoxy) is 1. The molecule has 0 saturated heterocycles. The molecule has 4 heteroatoms. The van der Waals surface area contributed by atoms with Crippen LogP contribution in [0.15, 0.2) is 18.2 Å². The molecule has 1 aliphatic carbocycles. The van der Waals surface area contributed by atoms with Gasteiger partial charge in [0.05, 0.1) is 24.2 Å². The first kappa shape index (κ1) is 15.8. The summed E-state index contributed by atoms with van der Waals surface area (Å²) in [5.74, 6) is 0.283. The summed E-state index contributed by atoms with van der Waals surface area (Å²) in [4.78, 5) is 0. The average Bonchev–Trinajstić information content (AvgIpc) is 2.47. The second-order valence-corrected chi connectivity index (χ2v) is 6.27. The Bertz CT molecular complexity index is 554. The normalized spacial score (nSPS) is 28.5. The van der Waals surface area contributed by atoms with E-state index in [1.165, 1.54) is 26.2 Å². The Morgan fingerprint density at radius 2 is 2.05 bits per heavy atom. The number of hydrogen-bond donors (Lipinski definition) is 1. The van der Waals surface area contributed by atoms with Crippen molar-refractivity contribution in [1.82, 2.24) is 0 Å². The van der Waals surface area contributed by atoms with Gasteiger partial charge in [-0.3, -0.25) is 0 Å². The molecule has 0 bridgehead atoms. The summed E-state index contributed by atoms with van der Waals surface area (Å²) in [6.45, 7) is 3.67. The van der Waals surface area contributed by atoms with Crippen LogP contribution < -0.4 is 4.74 Å². The monoisotopic (exact) mass is 291 g/mol. The van der Waals surface area contributed by atoms with Gasteiger partial charge < -0.3 is 9.84 Å². The summed E-state index contributed by atoms with van der Waals surface area (Å²) in [5, 5.41) is 20.8. The largest absolute Gasteiger partial charge is 0.496 e. The Kier molecular flexibility index (Phi) is 4.25. The van der Waals surface area contributed by atoms with Crippen LogP contribution in [0.25, 0.3) is 0 Å². The smallest absolute Gasteiger partial charge is 0.133 e. The van der Waals surface area contributed by atoms with E-state index in [1.807, 2.05) is 0 Å². The molecule has 21 heavy (non-hydrogen) atoms. The van der Waals surface area contributed by atoms with Crippen LogP contribution in [0.2, 0.25) is 0 Å². The predicted molar refractivity (Wildman–Crippen MR) is 78.2 cm³/mol. The van der Waals surface area contributed by atoms with Crippen molar-refractivity contribution in [3.8, 4) is 11.8 Å². The van der Waals surface area contributed by atoms with Crippen molar-refractivity contribution in [2.24, 2.45) is 11.3 Å². The second kappa shape index (κ2) is 5.65. The van der Waals surface area contributed by atoms with Crippen LogP contribution in [0.1, 0.15) is 45.1 Å². The van der Waals surface area contributed by atoms with E-state index in [9.17, 15) is 14.8 Å². The van der Waals surface area contributed by atoms with Gasteiger partial charge in [-0.25, -0.2) is 4.39 Å². The Morgan fingerprint density at radius 3 is 2.57 bits per heavy atom. The lowest BCUT2D eigenvalue weighted by atomic mass is 9.60. The van der Waals surface area contributed by atoms with Crippen LogP contribution in [0.4, 0.5) is 4.39 Å². The van der Waals surface area contributed by atoms with Crippen molar-refractivity contribution in [3.05, 3.63) is 29.6 Å². The average molecular weight is 291 g/mol. The Balaban J connectivity index is 2.53. The first-order valence-electron chi connectivity index (χ1n) is 7.34. The van der Waals surface area contributed by atoms with Crippen LogP contribution in [-0.4, -0.2) is 12.2 Å². The number of rotatable bonds is 3. The summed E-state index contributed by atoms with van der Waals surface area (Å²) in [7, 11) is 1.44. The maximum absolute atomic E-state index is 14.3. The molecule has 3 nitrogen and oxygen atoms in total. The number of benzene rings is 1. The molecular formula is C17H22FNO2. The molecule has 1 aromatic rings. The molecule has 0 radical (unpaired) electrons. The minimum Gasteiger partial charge on any atom is -0.496 e. The van der Waals surface area contributed by atoms with Gasteiger partial charge in [0.25, 0.3) is 0 Å². The summed E-state index contributed by atoms with van der Waals surface area (Å²) >= 11 is 0. The summed E-state index contributed by atoms with van der Waals surface area (Å²) in [6, 6.07) is 6.73. The number of aliphatic hydroxyl groups is 1. The third-order valence-electron chi connectivity index (χ3n) is 4.96. The van der Waals surface area contributed by atoms with Gasteiger partial charge in [-0.1, -0.05) is 13.0 Å². The van der Waals surface area contributed by atoms with E-state index in [4.69, 9.17) is 4.74 Å². The van der Waals surface area contributed by atoms with Crippen molar-refractivity contribution in [3.63, 3.8) is 0 Å². The lowest BCUT2D eigenvalue weighted by Gasteiger charge is -2.44. The molecule has 0 heterocycles. The zero-order chi connectivity index (χ0) is 15.7. The minimum absolute atomic E-state index is 0.0867. The molecule has 1 unspecified atom stereocenters. The van der Waals surface area contributed by atoms with Crippen LogP contribution in [0, 0.1) is 28.5 Å². The SMILES string of the molecule is COc1cccc(F)c1C(C)(O)C1(C#N)CCC(C)CC1. The van der Waals surface area contributed by atoms with Crippen molar-refractivity contribution in [2.75, 3.05) is 7.11 Å². The van der Waals surface area contributed by atoms with Crippen molar-refractivity contribution >= 4 is 0 Å². The molecule has 1 saturated carbocycles. The van der Waals surface area contributed by atoms with E-state index in [-0.39, 0.29) is 11.3 Å². The third kappa shape index (κ3) is 2.51. The molecule has 0 aromatic heterocycles.